The Morgan fingerprint density at radius 3 is 1.50 bits per heavy atom. The van der Waals surface area contributed by atoms with Gasteiger partial charge in [-0.05, 0) is 266 Å². The summed E-state index contributed by atoms with van der Waals surface area (Å²) in [5.74, 6) is 3.35. The van der Waals surface area contributed by atoms with Gasteiger partial charge in [0.25, 0.3) is 0 Å². The standard InChI is InChI=1S/C111H86N2O2/c1-109-60-23-22-39-97(109)94-59-54-79(66-100(94)111(109)69-71-47-51-77(111)62-71)113(103-43-24-45-105-108(103)95-38-17-21-44-104(95)114-105)102-42-20-16-37-91(102)86-33-12-13-34-87(86)96-63-74(48-55-82(96)73-27-6-3-7-28-73)75-49-56-92-93-58-53-80(67-107(93)115-106(92)64-75)112(78-52-57-89-88-35-14-18-40-98(88)110(99(89)65-78)68-70-46-50-76(110)61-70)101-41-19-15-36-90(101)85-32-11-10-31-84(85)83-30-9-8-29-81(83)72-25-4-2-5-26-72/h2-21,23-38,40-45,48-49,52-60,63-67,70-71,76-77,97H,22,39,46-47,50-51,61-62,68-69H2,1H3. The first-order valence-corrected chi connectivity index (χ1v) is 42.1. The highest BCUT2D eigenvalue weighted by atomic mass is 16.3. The maximum Gasteiger partial charge on any atom is 0.137 e. The summed E-state index contributed by atoms with van der Waals surface area (Å²) < 4.78 is 14.1. The molecule has 4 fully saturated rings. The molecule has 24 rings (SSSR count). The van der Waals surface area contributed by atoms with Gasteiger partial charge < -0.3 is 18.6 Å². The van der Waals surface area contributed by atoms with E-state index in [1.54, 1.807) is 11.1 Å². The zero-order chi connectivity index (χ0) is 75.7. The van der Waals surface area contributed by atoms with Crippen molar-refractivity contribution in [3.8, 4) is 89.0 Å². The van der Waals surface area contributed by atoms with Gasteiger partial charge in [-0.2, -0.15) is 0 Å². The normalized spacial score (nSPS) is 21.8. The van der Waals surface area contributed by atoms with Crippen molar-refractivity contribution in [2.45, 2.75) is 87.9 Å². The van der Waals surface area contributed by atoms with Crippen LogP contribution in [-0.4, -0.2) is 0 Å². The van der Waals surface area contributed by atoms with Crippen LogP contribution in [-0.2, 0) is 10.8 Å². The van der Waals surface area contributed by atoms with Gasteiger partial charge in [-0.3, -0.25) is 0 Å². The maximum atomic E-state index is 7.34. The quantitative estimate of drug-likeness (QED) is 0.108. The first-order chi connectivity index (χ1) is 56.8. The first kappa shape index (κ1) is 66.8. The van der Waals surface area contributed by atoms with Crippen LogP contribution < -0.4 is 9.80 Å². The van der Waals surface area contributed by atoms with E-state index in [-0.39, 0.29) is 16.2 Å². The number of fused-ring (bicyclic) bond motifs is 22. The van der Waals surface area contributed by atoms with Gasteiger partial charge in [-0.15, -0.1) is 0 Å². The van der Waals surface area contributed by atoms with E-state index in [1.807, 2.05) is 0 Å². The Morgan fingerprint density at radius 1 is 0.304 bits per heavy atom. The van der Waals surface area contributed by atoms with Crippen LogP contribution in [0.4, 0.5) is 34.1 Å². The van der Waals surface area contributed by atoms with E-state index in [0.717, 1.165) is 135 Å². The molecule has 2 spiro atoms. The molecule has 8 unspecified atom stereocenters. The highest BCUT2D eigenvalue weighted by Crippen LogP contribution is 2.74. The van der Waals surface area contributed by atoms with E-state index in [0.29, 0.717) is 17.8 Å². The van der Waals surface area contributed by atoms with Crippen LogP contribution in [0, 0.1) is 29.1 Å². The van der Waals surface area contributed by atoms with Gasteiger partial charge in [0.05, 0.1) is 22.4 Å². The van der Waals surface area contributed by atoms with E-state index >= 15 is 0 Å². The fourth-order valence-electron chi connectivity index (χ4n) is 24.4. The van der Waals surface area contributed by atoms with E-state index in [9.17, 15) is 0 Å². The van der Waals surface area contributed by atoms with Crippen molar-refractivity contribution < 1.29 is 8.83 Å². The summed E-state index contributed by atoms with van der Waals surface area (Å²) in [4.78, 5) is 5.13. The van der Waals surface area contributed by atoms with Gasteiger partial charge in [0.1, 0.15) is 22.3 Å². The lowest BCUT2D eigenvalue weighted by atomic mass is 9.53. The van der Waals surface area contributed by atoms with Crippen LogP contribution in [0.2, 0.25) is 0 Å². The number of para-hydroxylation sites is 3. The molecule has 4 bridgehead atoms. The van der Waals surface area contributed by atoms with Crippen molar-refractivity contribution in [2.75, 3.05) is 9.80 Å². The molecular weight excluding hydrogens is 1390 g/mol. The second-order valence-corrected chi connectivity index (χ2v) is 34.5. The molecule has 552 valence electrons. The van der Waals surface area contributed by atoms with E-state index in [4.69, 9.17) is 8.83 Å². The summed E-state index contributed by atoms with van der Waals surface area (Å²) in [6, 6.07) is 128. The lowest BCUT2D eigenvalue weighted by molar-refractivity contribution is 0.106. The maximum absolute atomic E-state index is 7.34. The first-order valence-electron chi connectivity index (χ1n) is 42.1. The van der Waals surface area contributed by atoms with Crippen LogP contribution in [0.25, 0.3) is 133 Å². The topological polar surface area (TPSA) is 32.8 Å². The minimum Gasteiger partial charge on any atom is -0.456 e. The van der Waals surface area contributed by atoms with Gasteiger partial charge in [-0.25, -0.2) is 0 Å². The highest BCUT2D eigenvalue weighted by Gasteiger charge is 2.67. The minimum atomic E-state index is -0.00496. The van der Waals surface area contributed by atoms with Crippen molar-refractivity contribution in [2.24, 2.45) is 29.1 Å². The van der Waals surface area contributed by atoms with Crippen molar-refractivity contribution in [3.63, 3.8) is 0 Å². The Morgan fingerprint density at radius 2 is 0.800 bits per heavy atom. The summed E-state index contributed by atoms with van der Waals surface area (Å²) >= 11 is 0. The number of rotatable bonds is 13. The average Bonchev–Trinajstić information content (AvgIpc) is 1.50. The second-order valence-electron chi connectivity index (χ2n) is 34.5. The van der Waals surface area contributed by atoms with Crippen LogP contribution in [0.5, 0.6) is 0 Å². The van der Waals surface area contributed by atoms with Crippen LogP contribution in [0.15, 0.2) is 361 Å². The van der Waals surface area contributed by atoms with Gasteiger partial charge in [0.15, 0.2) is 0 Å². The monoisotopic (exact) mass is 1480 g/mol. The van der Waals surface area contributed by atoms with Gasteiger partial charge in [0, 0.05) is 66.7 Å². The Labute approximate surface area is 672 Å². The molecule has 4 nitrogen and oxygen atoms in total. The molecule has 4 saturated carbocycles. The number of hydrogen-bond acceptors (Lipinski definition) is 4. The molecule has 4 heteroatoms. The zero-order valence-electron chi connectivity index (χ0n) is 64.7. The molecular formula is C111H86N2O2. The lowest BCUT2D eigenvalue weighted by Gasteiger charge is -2.50. The predicted molar refractivity (Wildman–Crippen MR) is 476 cm³/mol. The number of benzene rings is 15. The third-order valence-corrected chi connectivity index (χ3v) is 29.2. The van der Waals surface area contributed by atoms with E-state index in [2.05, 4.69) is 369 Å². The van der Waals surface area contributed by atoms with Crippen molar-refractivity contribution in [1.29, 1.82) is 0 Å². The molecule has 17 aromatic rings. The molecule has 7 aliphatic rings. The SMILES string of the molecule is CC12C=CCCC1c1ccc(N(c3ccccc3-c3ccccc3-c3cc(-c4ccc5c(c4)oc4cc(N(c6ccc7c(c6)C6(CC8CCC6C8)c6ccccc6-7)c6ccccc6-c6ccccc6-c6ccccc6-c6ccccc6)ccc45)ccc3-c3ccccc3)c3cccc4oc5ccccc5c34)cc1C21CC2CCC1C2. The average molecular weight is 1480 g/mol. The number of nitrogens with zero attached hydrogens (tertiary/aromatic N) is 2. The molecule has 15 aromatic carbocycles. The lowest BCUT2D eigenvalue weighted by Crippen LogP contribution is -2.45. The Bertz CT molecular complexity index is 6850. The van der Waals surface area contributed by atoms with Gasteiger partial charge in [0.2, 0.25) is 0 Å². The molecule has 0 saturated heterocycles. The second kappa shape index (κ2) is 25.9. The Balaban J connectivity index is 0.649. The number of anilines is 6. The zero-order valence-corrected chi connectivity index (χ0v) is 64.7. The summed E-state index contributed by atoms with van der Waals surface area (Å²) in [6.45, 7) is 2.64. The molecule has 2 aromatic heterocycles. The largest absolute Gasteiger partial charge is 0.456 e. The Kier molecular flexibility index (Phi) is 15.0. The fraction of sp³-hybridized carbons (Fsp3) is 0.171. The molecule has 7 aliphatic carbocycles. The Hall–Kier alpha value is -12.8. The molecule has 2 heterocycles. The molecule has 0 N–H and O–H groups in total. The minimum absolute atomic E-state index is 0.00496. The summed E-state index contributed by atoms with van der Waals surface area (Å²) in [6.07, 6.45) is 18.0. The summed E-state index contributed by atoms with van der Waals surface area (Å²) in [7, 11) is 0. The van der Waals surface area contributed by atoms with Crippen molar-refractivity contribution in [3.05, 3.63) is 374 Å². The van der Waals surface area contributed by atoms with Crippen LogP contribution >= 0.6 is 0 Å². The molecule has 0 aliphatic heterocycles. The summed E-state index contributed by atoms with van der Waals surface area (Å²) in [5.41, 5.74) is 35.6. The van der Waals surface area contributed by atoms with Gasteiger partial charge >= 0.3 is 0 Å². The number of furan rings is 2. The van der Waals surface area contributed by atoms with Crippen molar-refractivity contribution >= 4 is 78.0 Å². The number of allylic oxidation sites excluding steroid dienone is 2. The highest BCUT2D eigenvalue weighted by molar-refractivity contribution is 6.15. The predicted octanol–water partition coefficient (Wildman–Crippen LogP) is 30.7. The van der Waals surface area contributed by atoms with Crippen molar-refractivity contribution in [1.82, 2.24) is 0 Å². The fourth-order valence-corrected chi connectivity index (χ4v) is 24.4. The van der Waals surface area contributed by atoms with E-state index in [1.165, 1.54) is 119 Å². The van der Waals surface area contributed by atoms with Gasteiger partial charge in [-0.1, -0.05) is 281 Å². The van der Waals surface area contributed by atoms with E-state index < -0.39 is 0 Å². The molecule has 0 amide bonds. The molecule has 115 heavy (non-hydrogen) atoms. The van der Waals surface area contributed by atoms with Crippen LogP contribution in [0.3, 0.4) is 0 Å². The molecule has 8 atom stereocenters. The number of hydrogen-bond donors (Lipinski definition) is 0. The van der Waals surface area contributed by atoms with Crippen LogP contribution in [0.1, 0.15) is 99.3 Å². The summed E-state index contributed by atoms with van der Waals surface area (Å²) in [5, 5.41) is 4.40. The smallest absolute Gasteiger partial charge is 0.137 e. The third kappa shape index (κ3) is 9.97. The molecule has 0 radical (unpaired) electrons. The third-order valence-electron chi connectivity index (χ3n) is 29.2.